The Kier molecular flexibility index (Phi) is 3.98. The Bertz CT molecular complexity index is 125. The summed E-state index contributed by atoms with van der Waals surface area (Å²) in [7, 11) is 3.73. The van der Waals surface area contributed by atoms with Gasteiger partial charge in [0.05, 0.1) is 0 Å². The van der Waals surface area contributed by atoms with Gasteiger partial charge in [-0.2, -0.15) is 0 Å². The van der Waals surface area contributed by atoms with Crippen molar-refractivity contribution in [1.29, 1.82) is 0 Å². The summed E-state index contributed by atoms with van der Waals surface area (Å²) in [6.07, 6.45) is 2.31. The third kappa shape index (κ3) is 2.59. The van der Waals surface area contributed by atoms with Gasteiger partial charge in [-0.1, -0.05) is 13.8 Å². The molecule has 0 aromatic rings. The van der Waals surface area contributed by atoms with Gasteiger partial charge in [-0.05, 0) is 40.5 Å². The first-order chi connectivity index (χ1) is 5.28. The largest absolute Gasteiger partial charge is 0.317 e. The predicted molar refractivity (Wildman–Crippen MR) is 56.3 cm³/mol. The molecule has 0 saturated carbocycles. The summed E-state index contributed by atoms with van der Waals surface area (Å²) >= 11 is 0. The Morgan fingerprint density at radius 1 is 0.917 bits per heavy atom. The van der Waals surface area contributed by atoms with E-state index in [1.54, 1.807) is 0 Å². The van der Waals surface area contributed by atoms with Crippen molar-refractivity contribution < 1.29 is 0 Å². The number of hydrogen-bond donors (Lipinski definition) is 0. The predicted octanol–water partition coefficient (Wildman–Crippen LogP) is 2.75. The zero-order valence-electron chi connectivity index (χ0n) is 9.36. The van der Waals surface area contributed by atoms with Gasteiger partial charge in [0.2, 0.25) is 0 Å². The van der Waals surface area contributed by atoms with Gasteiger partial charge in [0, 0.05) is 11.1 Å². The van der Waals surface area contributed by atoms with E-state index >= 15 is 0 Å². The van der Waals surface area contributed by atoms with E-state index in [-0.39, 0.29) is 11.1 Å². The lowest BCUT2D eigenvalue weighted by Crippen LogP contribution is -2.53. The molecule has 0 rings (SSSR count). The molecule has 2 heteroatoms. The van der Waals surface area contributed by atoms with Crippen molar-refractivity contribution in [3.05, 3.63) is 0 Å². The Balaban J connectivity index is 4.47. The highest BCUT2D eigenvalue weighted by Crippen LogP contribution is 2.27. The molecule has 0 aromatic carbocycles. The van der Waals surface area contributed by atoms with Crippen molar-refractivity contribution in [2.75, 3.05) is 0 Å². The van der Waals surface area contributed by atoms with Gasteiger partial charge in [-0.3, -0.25) is 0 Å². The van der Waals surface area contributed by atoms with Crippen LogP contribution in [-0.2, 0) is 0 Å². The molecule has 0 fully saturated rings. The molecule has 0 atom stereocenters. The van der Waals surface area contributed by atoms with E-state index in [0.29, 0.717) is 0 Å². The average molecular weight is 184 g/mol. The second-order valence-electron chi connectivity index (χ2n) is 4.67. The van der Waals surface area contributed by atoms with Gasteiger partial charge in [0.25, 0.3) is 0 Å². The fourth-order valence-corrected chi connectivity index (χ4v) is 1.45. The fraction of sp³-hybridized carbons (Fsp3) is 1.00. The monoisotopic (exact) mass is 184 g/mol. The summed E-state index contributed by atoms with van der Waals surface area (Å²) < 4.78 is 2.29. The molecular weight excluding hydrogens is 162 g/mol. The SMILES string of the molecule is CCC(C)(C)N([Si])C(C)(C)CC. The summed E-state index contributed by atoms with van der Waals surface area (Å²) in [4.78, 5) is 0. The minimum Gasteiger partial charge on any atom is -0.317 e. The maximum atomic E-state index is 3.73. The highest BCUT2D eigenvalue weighted by Gasteiger charge is 2.31. The lowest BCUT2D eigenvalue weighted by atomic mass is 9.93. The van der Waals surface area contributed by atoms with Gasteiger partial charge in [-0.15, -0.1) is 0 Å². The molecule has 3 radical (unpaired) electrons. The van der Waals surface area contributed by atoms with Crippen LogP contribution in [0, 0.1) is 0 Å². The van der Waals surface area contributed by atoms with Crippen LogP contribution in [0.3, 0.4) is 0 Å². The molecule has 0 unspecified atom stereocenters. The van der Waals surface area contributed by atoms with Gasteiger partial charge in [-0.25, -0.2) is 0 Å². The molecule has 0 aliphatic heterocycles. The van der Waals surface area contributed by atoms with E-state index in [9.17, 15) is 0 Å². The van der Waals surface area contributed by atoms with Gasteiger partial charge in [0.1, 0.15) is 10.4 Å². The molecular formula is C10H22NSi. The van der Waals surface area contributed by atoms with Crippen LogP contribution in [-0.4, -0.2) is 26.0 Å². The number of rotatable bonds is 4. The Hall–Kier alpha value is 0.177. The first-order valence-electron chi connectivity index (χ1n) is 4.79. The van der Waals surface area contributed by atoms with Crippen LogP contribution in [0.4, 0.5) is 0 Å². The highest BCUT2D eigenvalue weighted by molar-refractivity contribution is 6.05. The third-order valence-electron chi connectivity index (χ3n) is 2.94. The minimum atomic E-state index is 0.233. The van der Waals surface area contributed by atoms with Crippen LogP contribution in [0.1, 0.15) is 54.4 Å². The van der Waals surface area contributed by atoms with Crippen molar-refractivity contribution in [3.8, 4) is 0 Å². The third-order valence-corrected chi connectivity index (χ3v) is 4.15. The number of nitrogens with zero attached hydrogens (tertiary/aromatic N) is 1. The van der Waals surface area contributed by atoms with E-state index in [2.05, 4.69) is 56.5 Å². The lowest BCUT2D eigenvalue weighted by Gasteiger charge is -2.46. The van der Waals surface area contributed by atoms with Gasteiger partial charge >= 0.3 is 0 Å². The zero-order chi connectivity index (χ0) is 9.99. The van der Waals surface area contributed by atoms with E-state index in [1.165, 1.54) is 0 Å². The minimum absolute atomic E-state index is 0.233. The van der Waals surface area contributed by atoms with Gasteiger partial charge < -0.3 is 4.57 Å². The van der Waals surface area contributed by atoms with E-state index in [4.69, 9.17) is 0 Å². The highest BCUT2D eigenvalue weighted by atomic mass is 28.2. The summed E-state index contributed by atoms with van der Waals surface area (Å²) in [5.74, 6) is 0. The normalized spacial score (nSPS) is 14.0. The molecule has 0 aromatic heterocycles. The Morgan fingerprint density at radius 3 is 1.33 bits per heavy atom. The van der Waals surface area contributed by atoms with Crippen molar-refractivity contribution >= 4 is 10.4 Å². The molecule has 0 aliphatic carbocycles. The second-order valence-corrected chi connectivity index (χ2v) is 5.11. The maximum absolute atomic E-state index is 3.73. The van der Waals surface area contributed by atoms with Crippen molar-refractivity contribution in [2.24, 2.45) is 0 Å². The lowest BCUT2D eigenvalue weighted by molar-refractivity contribution is 0.108. The van der Waals surface area contributed by atoms with Crippen LogP contribution in [0.25, 0.3) is 0 Å². The Morgan fingerprint density at radius 2 is 1.17 bits per heavy atom. The quantitative estimate of drug-likeness (QED) is 0.607. The molecule has 71 valence electrons. The maximum Gasteiger partial charge on any atom is 0.144 e. The molecule has 0 saturated heterocycles. The van der Waals surface area contributed by atoms with Gasteiger partial charge in [0.15, 0.2) is 0 Å². The molecule has 0 heterocycles. The molecule has 0 bridgehead atoms. The molecule has 0 amide bonds. The first kappa shape index (κ1) is 12.2. The summed E-state index contributed by atoms with van der Waals surface area (Å²) in [6.45, 7) is 13.5. The Labute approximate surface area is 81.0 Å². The van der Waals surface area contributed by atoms with E-state index in [0.717, 1.165) is 12.8 Å². The van der Waals surface area contributed by atoms with Crippen LogP contribution in [0.2, 0.25) is 0 Å². The van der Waals surface area contributed by atoms with Crippen LogP contribution >= 0.6 is 0 Å². The summed E-state index contributed by atoms with van der Waals surface area (Å²) in [5, 5.41) is 0. The topological polar surface area (TPSA) is 3.24 Å². The fourth-order valence-electron chi connectivity index (χ4n) is 1.14. The van der Waals surface area contributed by atoms with E-state index in [1.807, 2.05) is 0 Å². The molecule has 12 heavy (non-hydrogen) atoms. The summed E-state index contributed by atoms with van der Waals surface area (Å²) in [5.41, 5.74) is 0.465. The van der Waals surface area contributed by atoms with Crippen molar-refractivity contribution in [1.82, 2.24) is 4.57 Å². The second kappa shape index (κ2) is 3.92. The van der Waals surface area contributed by atoms with Crippen LogP contribution in [0.15, 0.2) is 0 Å². The van der Waals surface area contributed by atoms with Crippen LogP contribution < -0.4 is 0 Å². The molecule has 0 N–H and O–H groups in total. The molecule has 0 aliphatic rings. The van der Waals surface area contributed by atoms with Crippen LogP contribution in [0.5, 0.6) is 0 Å². The summed E-state index contributed by atoms with van der Waals surface area (Å²) in [6, 6.07) is 0. The van der Waals surface area contributed by atoms with Crippen molar-refractivity contribution in [2.45, 2.75) is 65.5 Å². The zero-order valence-corrected chi connectivity index (χ0v) is 10.4. The first-order valence-corrected chi connectivity index (χ1v) is 5.24. The van der Waals surface area contributed by atoms with Crippen molar-refractivity contribution in [3.63, 3.8) is 0 Å². The number of hydrogen-bond acceptors (Lipinski definition) is 1. The standard InChI is InChI=1S/C10H22NSi/c1-7-9(3,4)11(12)10(5,6)8-2/h7-8H2,1-6H3. The average Bonchev–Trinajstić information content (AvgIpc) is 2.03. The smallest absolute Gasteiger partial charge is 0.144 e. The molecule has 1 nitrogen and oxygen atoms in total. The van der Waals surface area contributed by atoms with E-state index < -0.39 is 0 Å². The molecule has 0 spiro atoms.